The zero-order chi connectivity index (χ0) is 10.5. The molecule has 0 aliphatic heterocycles. The van der Waals surface area contributed by atoms with Crippen molar-refractivity contribution in [3.8, 4) is 0 Å². The van der Waals surface area contributed by atoms with Crippen LogP contribution in [-0.4, -0.2) is 4.55 Å². The predicted molar refractivity (Wildman–Crippen MR) is 72.2 cm³/mol. The molecule has 16 heavy (non-hydrogen) atoms. The molecule has 0 aromatic heterocycles. The van der Waals surface area contributed by atoms with E-state index in [4.69, 9.17) is 0 Å². The molecule has 0 heterocycles. The fourth-order valence-corrected chi connectivity index (χ4v) is 2.13. The van der Waals surface area contributed by atoms with Crippen LogP contribution in [0, 0.1) is 0 Å². The summed E-state index contributed by atoms with van der Waals surface area (Å²) in [5.41, 5.74) is 2.24. The highest BCUT2D eigenvalue weighted by Crippen LogP contribution is 2.32. The van der Waals surface area contributed by atoms with Gasteiger partial charge >= 0.3 is 0 Å². The lowest BCUT2D eigenvalue weighted by molar-refractivity contribution is 0.657. The van der Waals surface area contributed by atoms with Crippen molar-refractivity contribution in [3.63, 3.8) is 0 Å². The quantitative estimate of drug-likeness (QED) is 0.817. The largest absolute Gasteiger partial charge is 0.329 e. The molecule has 0 fully saturated rings. The average Bonchev–Trinajstić information content (AvgIpc) is 2.33. The van der Waals surface area contributed by atoms with E-state index >= 15 is 0 Å². The topological polar surface area (TPSA) is 20.2 Å². The van der Waals surface area contributed by atoms with Crippen LogP contribution in [0.5, 0.6) is 0 Å². The molecular formula is C13H13ClOS. The molecular weight excluding hydrogens is 240 g/mol. The second kappa shape index (κ2) is 6.59. The van der Waals surface area contributed by atoms with E-state index < -0.39 is 0 Å². The van der Waals surface area contributed by atoms with Crippen LogP contribution >= 0.6 is 24.4 Å². The second-order valence-electron chi connectivity index (χ2n) is 3.31. The smallest absolute Gasteiger partial charge is 0.0807 e. The number of hydrogen-bond donors (Lipinski definition) is 1. The molecule has 84 valence electrons. The van der Waals surface area contributed by atoms with Gasteiger partial charge in [0.1, 0.15) is 0 Å². The van der Waals surface area contributed by atoms with Crippen molar-refractivity contribution >= 4 is 24.4 Å². The predicted octanol–water partition coefficient (Wildman–Crippen LogP) is 4.40. The van der Waals surface area contributed by atoms with Gasteiger partial charge < -0.3 is 4.55 Å². The molecule has 2 aromatic rings. The molecule has 0 aliphatic carbocycles. The Balaban J connectivity index is 0.00000128. The Bertz CT molecular complexity index is 365. The molecule has 0 atom stereocenters. The van der Waals surface area contributed by atoms with Crippen LogP contribution < -0.4 is 0 Å². The SMILES string of the molecule is Cl.OSC(c1ccccc1)c1ccccc1. The number of rotatable bonds is 3. The van der Waals surface area contributed by atoms with Crippen LogP contribution in [0.15, 0.2) is 60.7 Å². The summed E-state index contributed by atoms with van der Waals surface area (Å²) < 4.78 is 9.35. The Morgan fingerprint density at radius 3 is 1.44 bits per heavy atom. The molecule has 1 N–H and O–H groups in total. The first-order valence-corrected chi connectivity index (χ1v) is 5.65. The molecule has 2 aromatic carbocycles. The van der Waals surface area contributed by atoms with E-state index in [2.05, 4.69) is 0 Å². The highest BCUT2D eigenvalue weighted by atomic mass is 35.5. The van der Waals surface area contributed by atoms with Gasteiger partial charge in [0.05, 0.1) is 5.25 Å². The fourth-order valence-electron chi connectivity index (χ4n) is 1.57. The first kappa shape index (κ1) is 13.1. The lowest BCUT2D eigenvalue weighted by atomic mass is 10.0. The Kier molecular flexibility index (Phi) is 5.39. The van der Waals surface area contributed by atoms with E-state index in [0.717, 1.165) is 23.2 Å². The number of halogens is 1. The molecule has 0 spiro atoms. The van der Waals surface area contributed by atoms with Crippen LogP contribution in [0.2, 0.25) is 0 Å². The van der Waals surface area contributed by atoms with Crippen molar-refractivity contribution in [2.45, 2.75) is 5.25 Å². The summed E-state index contributed by atoms with van der Waals surface area (Å²) in [4.78, 5) is 0. The summed E-state index contributed by atoms with van der Waals surface area (Å²) >= 11 is 0.876. The third-order valence-corrected chi connectivity index (χ3v) is 3.07. The van der Waals surface area contributed by atoms with Crippen molar-refractivity contribution in [1.29, 1.82) is 0 Å². The maximum absolute atomic E-state index is 9.35. The molecule has 0 radical (unpaired) electrons. The van der Waals surface area contributed by atoms with Gasteiger partial charge in [0.15, 0.2) is 0 Å². The maximum Gasteiger partial charge on any atom is 0.0807 e. The molecule has 2 rings (SSSR count). The van der Waals surface area contributed by atoms with Crippen molar-refractivity contribution < 1.29 is 4.55 Å². The van der Waals surface area contributed by atoms with Gasteiger partial charge in [0.25, 0.3) is 0 Å². The summed E-state index contributed by atoms with van der Waals surface area (Å²) in [5, 5.41) is 0.00685. The first-order chi connectivity index (χ1) is 7.42. The summed E-state index contributed by atoms with van der Waals surface area (Å²) in [6.07, 6.45) is 0. The van der Waals surface area contributed by atoms with Gasteiger partial charge in [0.2, 0.25) is 0 Å². The minimum Gasteiger partial charge on any atom is -0.329 e. The minimum absolute atomic E-state index is 0. The molecule has 1 nitrogen and oxygen atoms in total. The fraction of sp³-hybridized carbons (Fsp3) is 0.0769. The number of hydrogen-bond acceptors (Lipinski definition) is 2. The van der Waals surface area contributed by atoms with Gasteiger partial charge in [-0.2, -0.15) is 0 Å². The second-order valence-corrected chi connectivity index (χ2v) is 3.99. The lowest BCUT2D eigenvalue weighted by Gasteiger charge is -2.13. The van der Waals surface area contributed by atoms with Gasteiger partial charge in [0, 0.05) is 12.0 Å². The summed E-state index contributed by atoms with van der Waals surface area (Å²) in [5.74, 6) is 0. The van der Waals surface area contributed by atoms with Gasteiger partial charge in [-0.3, -0.25) is 0 Å². The molecule has 3 heteroatoms. The molecule has 0 bridgehead atoms. The first-order valence-electron chi connectivity index (χ1n) is 4.82. The summed E-state index contributed by atoms with van der Waals surface area (Å²) in [6, 6.07) is 20.0. The van der Waals surface area contributed by atoms with Gasteiger partial charge in [-0.25, -0.2) is 0 Å². The van der Waals surface area contributed by atoms with Crippen LogP contribution in [0.1, 0.15) is 16.4 Å². The van der Waals surface area contributed by atoms with Crippen LogP contribution in [0.4, 0.5) is 0 Å². The minimum atomic E-state index is 0. The third-order valence-electron chi connectivity index (χ3n) is 2.31. The Hall–Kier alpha value is -0.960. The van der Waals surface area contributed by atoms with E-state index in [1.165, 1.54) is 0 Å². The zero-order valence-electron chi connectivity index (χ0n) is 8.61. The van der Waals surface area contributed by atoms with E-state index in [-0.39, 0.29) is 17.7 Å². The van der Waals surface area contributed by atoms with Gasteiger partial charge in [-0.1, -0.05) is 60.7 Å². The summed E-state index contributed by atoms with van der Waals surface area (Å²) in [6.45, 7) is 0. The maximum atomic E-state index is 9.35. The van der Waals surface area contributed by atoms with Crippen molar-refractivity contribution in [2.75, 3.05) is 0 Å². The third kappa shape index (κ3) is 3.01. The standard InChI is InChI=1S/C13H12OS.ClH/c14-15-13(11-7-3-1-4-8-11)12-9-5-2-6-10-12;/h1-10,13-14H;1H. The van der Waals surface area contributed by atoms with Crippen LogP contribution in [0.3, 0.4) is 0 Å². The van der Waals surface area contributed by atoms with E-state index in [0.29, 0.717) is 0 Å². The van der Waals surface area contributed by atoms with E-state index in [1.807, 2.05) is 60.7 Å². The zero-order valence-corrected chi connectivity index (χ0v) is 10.2. The van der Waals surface area contributed by atoms with Gasteiger partial charge in [-0.05, 0) is 11.1 Å². The van der Waals surface area contributed by atoms with Crippen molar-refractivity contribution in [2.24, 2.45) is 0 Å². The highest BCUT2D eigenvalue weighted by Gasteiger charge is 2.12. The molecule has 0 amide bonds. The number of benzene rings is 2. The Labute approximate surface area is 106 Å². The van der Waals surface area contributed by atoms with Crippen LogP contribution in [-0.2, 0) is 0 Å². The average molecular weight is 253 g/mol. The lowest BCUT2D eigenvalue weighted by Crippen LogP contribution is -1.95. The normalized spacial score (nSPS) is 9.88. The molecule has 0 aliphatic rings. The molecule has 0 saturated heterocycles. The van der Waals surface area contributed by atoms with E-state index in [1.54, 1.807) is 0 Å². The van der Waals surface area contributed by atoms with Gasteiger partial charge in [-0.15, -0.1) is 12.4 Å². The van der Waals surface area contributed by atoms with Crippen molar-refractivity contribution in [3.05, 3.63) is 71.8 Å². The Morgan fingerprint density at radius 1 is 0.750 bits per heavy atom. The van der Waals surface area contributed by atoms with Crippen LogP contribution in [0.25, 0.3) is 0 Å². The summed E-state index contributed by atoms with van der Waals surface area (Å²) in [7, 11) is 0. The molecule has 0 saturated carbocycles. The monoisotopic (exact) mass is 252 g/mol. The van der Waals surface area contributed by atoms with E-state index in [9.17, 15) is 4.55 Å². The van der Waals surface area contributed by atoms with Crippen molar-refractivity contribution in [1.82, 2.24) is 0 Å². The molecule has 0 unspecified atom stereocenters. The highest BCUT2D eigenvalue weighted by molar-refractivity contribution is 7.94. The Morgan fingerprint density at radius 2 is 1.12 bits per heavy atom.